The van der Waals surface area contributed by atoms with Crippen LogP contribution in [0.25, 0.3) is 0 Å². The Hall–Kier alpha value is -2.55. The van der Waals surface area contributed by atoms with Crippen LogP contribution in [0.15, 0.2) is 48.6 Å². The summed E-state index contributed by atoms with van der Waals surface area (Å²) in [5, 5.41) is 11.4. The minimum atomic E-state index is -3.88. The summed E-state index contributed by atoms with van der Waals surface area (Å²) in [6.45, 7) is 1.94. The molecular weight excluding hydrogens is 584 g/mol. The van der Waals surface area contributed by atoms with Crippen LogP contribution in [-0.2, 0) is 21.9 Å². The Morgan fingerprint density at radius 1 is 1.02 bits per heavy atom. The van der Waals surface area contributed by atoms with Gasteiger partial charge in [0, 0.05) is 29.1 Å². The van der Waals surface area contributed by atoms with Gasteiger partial charge in [0.1, 0.15) is 5.75 Å². The molecule has 43 heavy (non-hydrogen) atoms. The first-order valence-electron chi connectivity index (χ1n) is 15.9. The number of carbonyl (C=O) groups is 1. The lowest BCUT2D eigenvalue weighted by Gasteiger charge is -2.45. The Kier molecular flexibility index (Phi) is 7.75. The summed E-state index contributed by atoms with van der Waals surface area (Å²) >= 11 is 6.40. The van der Waals surface area contributed by atoms with Crippen LogP contribution in [0.2, 0.25) is 5.02 Å². The number of sulfonamides is 1. The second-order valence-corrected chi connectivity index (χ2v) is 15.8. The number of aryl methyl sites for hydroxylation is 1. The van der Waals surface area contributed by atoms with Gasteiger partial charge in [-0.25, -0.2) is 13.1 Å². The van der Waals surface area contributed by atoms with Gasteiger partial charge in [-0.1, -0.05) is 42.7 Å². The smallest absolute Gasteiger partial charge is 0.264 e. The minimum absolute atomic E-state index is 0.0760. The normalized spacial score (nSPS) is 34.3. The van der Waals surface area contributed by atoms with Crippen LogP contribution < -0.4 is 14.4 Å². The number of ether oxygens (including phenoxy) is 1. The standard InChI is InChI=1S/C34H41ClN2O5S/c35-26-12-14-28-23(17-26)7-4-16-34(28)20-37-19-25-10-13-27(25)30(38)8-3-6-22-5-1-2-9-32(22)43(40,41)36-33(39)24-11-15-31(42-21-34)29(37)18-24/h3,8,11-12,14-15,17-18,22,25,27,30,32,38H,1-2,4-7,9-10,13,16,19-21H2,(H,36,39)/b8-3-/t22-,25+,27-,30+,32+,34+/m1/s1. The molecule has 1 amide bonds. The molecule has 7 rings (SSSR count). The molecule has 5 aliphatic rings. The molecule has 3 aliphatic carbocycles. The molecule has 2 aromatic carbocycles. The van der Waals surface area contributed by atoms with Gasteiger partial charge >= 0.3 is 0 Å². The van der Waals surface area contributed by atoms with Gasteiger partial charge in [-0.3, -0.25) is 4.79 Å². The van der Waals surface area contributed by atoms with Crippen molar-refractivity contribution in [3.8, 4) is 5.75 Å². The maximum Gasteiger partial charge on any atom is 0.264 e. The highest BCUT2D eigenvalue weighted by atomic mass is 35.5. The van der Waals surface area contributed by atoms with E-state index in [0.717, 1.165) is 68.6 Å². The summed E-state index contributed by atoms with van der Waals surface area (Å²) in [6.07, 6.45) is 12.0. The monoisotopic (exact) mass is 624 g/mol. The Bertz CT molecular complexity index is 1540. The van der Waals surface area contributed by atoms with Crippen molar-refractivity contribution in [2.75, 3.05) is 24.6 Å². The molecule has 1 spiro atoms. The molecular formula is C34H41ClN2O5S. The second kappa shape index (κ2) is 11.4. The van der Waals surface area contributed by atoms with E-state index in [1.54, 1.807) is 12.1 Å². The lowest BCUT2D eigenvalue weighted by Crippen LogP contribution is -2.49. The van der Waals surface area contributed by atoms with Crippen molar-refractivity contribution in [1.82, 2.24) is 4.72 Å². The molecule has 2 bridgehead atoms. The summed E-state index contributed by atoms with van der Waals surface area (Å²) in [4.78, 5) is 15.9. The van der Waals surface area contributed by atoms with Gasteiger partial charge in [-0.2, -0.15) is 0 Å². The van der Waals surface area contributed by atoms with Crippen molar-refractivity contribution in [3.63, 3.8) is 0 Å². The lowest BCUT2D eigenvalue weighted by atomic mass is 9.68. The van der Waals surface area contributed by atoms with Crippen molar-refractivity contribution in [1.29, 1.82) is 0 Å². The third-order valence-electron chi connectivity index (χ3n) is 10.9. The van der Waals surface area contributed by atoms with E-state index >= 15 is 0 Å². The number of anilines is 1. The Labute approximate surface area is 259 Å². The van der Waals surface area contributed by atoms with Crippen LogP contribution in [0.1, 0.15) is 79.3 Å². The van der Waals surface area contributed by atoms with Crippen LogP contribution in [0.5, 0.6) is 5.75 Å². The molecule has 2 aliphatic heterocycles. The highest BCUT2D eigenvalue weighted by Crippen LogP contribution is 2.47. The van der Waals surface area contributed by atoms with Crippen LogP contribution in [-0.4, -0.2) is 50.5 Å². The predicted molar refractivity (Wildman–Crippen MR) is 168 cm³/mol. The molecule has 2 aromatic rings. The van der Waals surface area contributed by atoms with Gasteiger partial charge in [0.15, 0.2) is 0 Å². The summed E-state index contributed by atoms with van der Waals surface area (Å²) in [5.41, 5.74) is 3.39. The zero-order chi connectivity index (χ0) is 29.8. The Morgan fingerprint density at radius 2 is 1.88 bits per heavy atom. The van der Waals surface area contributed by atoms with Gasteiger partial charge in [-0.05, 0) is 111 Å². The first-order chi connectivity index (χ1) is 20.7. The number of allylic oxidation sites excluding steroid dienone is 1. The largest absolute Gasteiger partial charge is 0.490 e. The fourth-order valence-corrected chi connectivity index (χ4v) is 10.4. The van der Waals surface area contributed by atoms with E-state index in [0.29, 0.717) is 43.2 Å². The maximum absolute atomic E-state index is 13.5. The number of aliphatic hydroxyl groups excluding tert-OH is 1. The van der Waals surface area contributed by atoms with E-state index in [2.05, 4.69) is 21.8 Å². The molecule has 0 aromatic heterocycles. The molecule has 0 radical (unpaired) electrons. The van der Waals surface area contributed by atoms with Gasteiger partial charge in [-0.15, -0.1) is 0 Å². The molecule has 0 unspecified atom stereocenters. The summed E-state index contributed by atoms with van der Waals surface area (Å²) in [5.74, 6) is 0.463. The van der Waals surface area contributed by atoms with Gasteiger partial charge in [0.05, 0.1) is 23.6 Å². The van der Waals surface area contributed by atoms with Crippen LogP contribution in [0.4, 0.5) is 5.69 Å². The van der Waals surface area contributed by atoms with Crippen molar-refractivity contribution in [2.24, 2.45) is 17.8 Å². The third kappa shape index (κ3) is 5.48. The van der Waals surface area contributed by atoms with E-state index < -0.39 is 27.3 Å². The number of aliphatic hydroxyl groups is 1. The quantitative estimate of drug-likeness (QED) is 0.361. The minimum Gasteiger partial charge on any atom is -0.490 e. The average Bonchev–Trinajstić information content (AvgIpc) is 3.11. The van der Waals surface area contributed by atoms with Crippen molar-refractivity contribution in [2.45, 2.75) is 81.0 Å². The Morgan fingerprint density at radius 3 is 2.72 bits per heavy atom. The number of benzene rings is 2. The van der Waals surface area contributed by atoms with Crippen LogP contribution in [0.3, 0.4) is 0 Å². The molecule has 6 atom stereocenters. The summed E-state index contributed by atoms with van der Waals surface area (Å²) in [7, 11) is -3.88. The number of nitrogens with one attached hydrogen (secondary N) is 1. The number of nitrogens with zero attached hydrogens (tertiary/aromatic N) is 1. The zero-order valence-corrected chi connectivity index (χ0v) is 26.1. The molecule has 2 heterocycles. The Balaban J connectivity index is 1.29. The van der Waals surface area contributed by atoms with E-state index in [-0.39, 0.29) is 17.3 Å². The molecule has 230 valence electrons. The zero-order valence-electron chi connectivity index (χ0n) is 24.5. The number of amides is 1. The molecule has 9 heteroatoms. The van der Waals surface area contributed by atoms with E-state index in [1.807, 2.05) is 24.3 Å². The first-order valence-corrected chi connectivity index (χ1v) is 17.9. The number of halogens is 1. The fraction of sp³-hybridized carbons (Fsp3) is 0.559. The molecule has 2 N–H and O–H groups in total. The fourth-order valence-electron chi connectivity index (χ4n) is 8.46. The molecule has 2 saturated carbocycles. The number of carbonyl (C=O) groups excluding carboxylic acids is 1. The van der Waals surface area contributed by atoms with Gasteiger partial charge in [0.25, 0.3) is 5.91 Å². The number of hydrogen-bond acceptors (Lipinski definition) is 6. The average molecular weight is 625 g/mol. The highest BCUT2D eigenvalue weighted by Gasteiger charge is 2.44. The number of rotatable bonds is 0. The lowest BCUT2D eigenvalue weighted by molar-refractivity contribution is 0.0455. The van der Waals surface area contributed by atoms with Gasteiger partial charge < -0.3 is 14.7 Å². The maximum atomic E-state index is 13.5. The second-order valence-electron chi connectivity index (χ2n) is 13.5. The summed E-state index contributed by atoms with van der Waals surface area (Å²) in [6, 6.07) is 11.5. The topological polar surface area (TPSA) is 95.9 Å². The van der Waals surface area contributed by atoms with Gasteiger partial charge in [0.2, 0.25) is 10.0 Å². The number of hydrogen-bond donors (Lipinski definition) is 2. The van der Waals surface area contributed by atoms with E-state index in [1.165, 1.54) is 11.1 Å². The third-order valence-corrected chi connectivity index (χ3v) is 13.0. The summed E-state index contributed by atoms with van der Waals surface area (Å²) < 4.78 is 36.1. The van der Waals surface area contributed by atoms with Crippen LogP contribution >= 0.6 is 11.6 Å². The van der Waals surface area contributed by atoms with Crippen LogP contribution in [0, 0.1) is 17.8 Å². The van der Waals surface area contributed by atoms with Crippen molar-refractivity contribution >= 4 is 33.2 Å². The SMILES string of the molecule is O=C1NS(=O)(=O)[C@H]2CCCC[C@@H]2C/C=C\[C@H](O)[C@@H]2CC[C@H]2CN2C[C@@]3(CCCc4cc(Cl)ccc43)COc3ccc1cc32. The van der Waals surface area contributed by atoms with E-state index in [9.17, 15) is 18.3 Å². The first kappa shape index (κ1) is 29.2. The predicted octanol–water partition coefficient (Wildman–Crippen LogP) is 5.78. The molecule has 7 nitrogen and oxygen atoms in total. The van der Waals surface area contributed by atoms with Crippen molar-refractivity contribution < 1.29 is 23.1 Å². The van der Waals surface area contributed by atoms with Crippen molar-refractivity contribution in [3.05, 3.63) is 70.3 Å². The highest BCUT2D eigenvalue weighted by molar-refractivity contribution is 7.90. The van der Waals surface area contributed by atoms with E-state index in [4.69, 9.17) is 16.3 Å². The molecule has 2 fully saturated rings. The number of fused-ring (bicyclic) bond motifs is 5. The molecule has 0 saturated heterocycles.